The molecule has 6 aromatic rings. The fourth-order valence-corrected chi connectivity index (χ4v) is 7.87. The van der Waals surface area contributed by atoms with Gasteiger partial charge in [-0.3, -0.25) is 46.0 Å². The number of hydrogen-bond donors (Lipinski definition) is 0. The van der Waals surface area contributed by atoms with Gasteiger partial charge >= 0.3 is 46.6 Å². The zero-order valence-corrected chi connectivity index (χ0v) is 43.4. The van der Waals surface area contributed by atoms with E-state index in [1.54, 1.807) is 82.9 Å². The van der Waals surface area contributed by atoms with Gasteiger partial charge in [-0.25, -0.2) is 37.8 Å². The molecule has 0 aromatic carbocycles. The molecule has 0 aliphatic carbocycles. The Morgan fingerprint density at radius 1 is 0.507 bits per heavy atom. The van der Waals surface area contributed by atoms with Crippen LogP contribution in [0.2, 0.25) is 0 Å². The van der Waals surface area contributed by atoms with E-state index in [-0.39, 0.29) is 70.8 Å². The van der Waals surface area contributed by atoms with Crippen LogP contribution in [0.1, 0.15) is 78.6 Å². The van der Waals surface area contributed by atoms with Gasteiger partial charge in [0.1, 0.15) is 0 Å². The van der Waals surface area contributed by atoms with E-state index in [1.807, 2.05) is 13.8 Å². The Hall–Kier alpha value is -4.76. The first-order chi connectivity index (χ1) is 31.1. The Labute approximate surface area is 408 Å². The van der Waals surface area contributed by atoms with Gasteiger partial charge < -0.3 is 27.7 Å². The van der Waals surface area contributed by atoms with Crippen LogP contribution in [0.4, 0.5) is 0 Å². The molecule has 6 heterocycles. The van der Waals surface area contributed by atoms with Crippen LogP contribution in [0.25, 0.3) is 33.5 Å². The maximum absolute atomic E-state index is 12.4. The third-order valence-electron chi connectivity index (χ3n) is 11.4. The molecule has 0 saturated carbocycles. The molecule has 24 nitrogen and oxygen atoms in total. The van der Waals surface area contributed by atoms with Gasteiger partial charge in [-0.2, -0.15) is 0 Å². The van der Waals surface area contributed by atoms with Crippen molar-refractivity contribution < 1.29 is 56.2 Å². The van der Waals surface area contributed by atoms with Gasteiger partial charge in [-0.1, -0.05) is 0 Å². The quantitative estimate of drug-likeness (QED) is 0.0359. The first-order valence-electron chi connectivity index (χ1n) is 21.6. The first-order valence-corrected chi connectivity index (χ1v) is 22.9. The first kappa shape index (κ1) is 56.6. The summed E-state index contributed by atoms with van der Waals surface area (Å²) in [6.45, 7) is 6.51. The van der Waals surface area contributed by atoms with Crippen molar-refractivity contribution in [2.45, 2.75) is 117 Å². The molecule has 26 heteroatoms. The zero-order chi connectivity index (χ0) is 49.2. The van der Waals surface area contributed by atoms with Crippen molar-refractivity contribution in [2.24, 2.45) is 42.3 Å². The molecule has 3 atom stereocenters. The molecule has 67 heavy (non-hydrogen) atoms. The van der Waals surface area contributed by atoms with Gasteiger partial charge in [0.05, 0.1) is 37.3 Å². The normalized spacial score (nSPS) is 13.0. The molecule has 0 amide bonds. The van der Waals surface area contributed by atoms with E-state index in [1.165, 1.54) is 36.1 Å². The van der Waals surface area contributed by atoms with Crippen molar-refractivity contribution >= 4 is 43.9 Å². The second kappa shape index (κ2) is 25.0. The van der Waals surface area contributed by atoms with Crippen molar-refractivity contribution in [1.82, 2.24) is 56.1 Å². The maximum atomic E-state index is 12.4. The summed E-state index contributed by atoms with van der Waals surface area (Å²) >= 11 is 0. The number of nitrogens with zero attached hydrogens (tertiary/aromatic N) is 12. The summed E-state index contributed by atoms with van der Waals surface area (Å²) in [7, 11) is 8.65. The second-order valence-corrected chi connectivity index (χ2v) is 17.4. The smallest absolute Gasteiger partial charge is 0.726 e. The van der Waals surface area contributed by atoms with Crippen LogP contribution in [-0.4, -0.2) is 102 Å². The molecule has 6 aromatic heterocycles. The number of rotatable bonds is 19. The van der Waals surface area contributed by atoms with Crippen LogP contribution in [0.15, 0.2) is 47.7 Å². The van der Waals surface area contributed by atoms with Gasteiger partial charge in [-0.05, 0) is 78.6 Å². The molecule has 0 N–H and O–H groups in total. The molecular weight excluding hydrogens is 908 g/mol. The summed E-state index contributed by atoms with van der Waals surface area (Å²) in [4.78, 5) is 86.3. The number of imidazole rings is 3. The molecule has 0 fully saturated rings. The zero-order valence-electron chi connectivity index (χ0n) is 40.6. The summed E-state index contributed by atoms with van der Waals surface area (Å²) in [5, 5.41) is 0. The van der Waals surface area contributed by atoms with Gasteiger partial charge in [0.25, 0.3) is 16.7 Å². The predicted octanol–water partition coefficient (Wildman–Crippen LogP) is -2.25. The number of aryl methyl sites for hydroxylation is 6. The average Bonchev–Trinajstić information content (AvgIpc) is 3.98. The SMILES string of the molecule is CO[C@@H](C)CCCCn1c(=O)c2c(ncn2C)n(C)c1=O.CO[C@H](C)CCCCn1c(=O)c2c(ncn2C)n(C)c1=O.C[C@H](CCCCn1c(=O)c2c(ncn2C)n(C)c1=O)OS(=O)(=O)[O-].[Na+]. The monoisotopic (exact) mass is 970 g/mol. The largest absolute Gasteiger partial charge is 1.00 e. The van der Waals surface area contributed by atoms with E-state index in [0.717, 1.165) is 43.1 Å². The number of hydrogen-bond acceptors (Lipinski definition) is 15. The topological polar surface area (TPSA) is 270 Å². The molecular formula is C41H63N12NaO12S. The van der Waals surface area contributed by atoms with E-state index >= 15 is 0 Å². The van der Waals surface area contributed by atoms with Crippen LogP contribution in [0, 0.1) is 0 Å². The maximum Gasteiger partial charge on any atom is 1.00 e. The van der Waals surface area contributed by atoms with E-state index in [9.17, 15) is 41.7 Å². The summed E-state index contributed by atoms with van der Waals surface area (Å²) < 4.78 is 58.8. The van der Waals surface area contributed by atoms with Crippen molar-refractivity contribution in [3.63, 3.8) is 0 Å². The average molecular weight is 971 g/mol. The van der Waals surface area contributed by atoms with Crippen LogP contribution in [0.3, 0.4) is 0 Å². The molecule has 0 aliphatic heterocycles. The molecule has 0 spiro atoms. The third kappa shape index (κ3) is 13.9. The Morgan fingerprint density at radius 2 is 0.776 bits per heavy atom. The minimum atomic E-state index is -4.72. The van der Waals surface area contributed by atoms with Crippen molar-refractivity contribution in [2.75, 3.05) is 14.2 Å². The van der Waals surface area contributed by atoms with Gasteiger partial charge in [0.2, 0.25) is 10.4 Å². The minimum absolute atomic E-state index is 0. The fraction of sp³-hybridized carbons (Fsp3) is 0.634. The van der Waals surface area contributed by atoms with Crippen LogP contribution >= 0.6 is 0 Å². The Balaban J connectivity index is 0.000000265. The van der Waals surface area contributed by atoms with Crippen molar-refractivity contribution in [1.29, 1.82) is 0 Å². The fourth-order valence-electron chi connectivity index (χ4n) is 7.37. The van der Waals surface area contributed by atoms with Crippen LogP contribution in [-0.2, 0) is 86.0 Å². The van der Waals surface area contributed by atoms with Crippen molar-refractivity contribution in [3.8, 4) is 0 Å². The van der Waals surface area contributed by atoms with E-state index in [4.69, 9.17) is 9.47 Å². The predicted molar refractivity (Wildman–Crippen MR) is 245 cm³/mol. The number of ether oxygens (including phenoxy) is 2. The molecule has 0 saturated heterocycles. The molecule has 6 rings (SSSR count). The molecule has 0 aliphatic rings. The number of methoxy groups -OCH3 is 2. The van der Waals surface area contributed by atoms with Crippen LogP contribution < -0.4 is 63.3 Å². The van der Waals surface area contributed by atoms with E-state index in [0.29, 0.717) is 65.8 Å². The standard InChI is InChI=1S/2C14H22N4O3.C13H20N4O6S.Na/c2*1-10(21-4)7-5-6-8-18-13(19)11-12(15-9-16(11)2)17(3)14(18)20;1-9(23-24(20,21)22)6-4-5-7-17-12(18)10-11(14-8-15(10)2)16(3)13(17)19;/h2*9-10H,5-8H2,1-4H3;8-9H,4-7H2,1-3H3,(H,20,21,22);/q;;;+1/p-1/t2*10-;9-;/m101./s1. The van der Waals surface area contributed by atoms with Gasteiger partial charge in [0, 0.05) is 76.1 Å². The van der Waals surface area contributed by atoms with Gasteiger partial charge in [0.15, 0.2) is 33.5 Å². The van der Waals surface area contributed by atoms with Gasteiger partial charge in [-0.15, -0.1) is 0 Å². The molecule has 0 unspecified atom stereocenters. The summed E-state index contributed by atoms with van der Waals surface area (Å²) in [6, 6.07) is 0. The Kier molecular flexibility index (Phi) is 21.1. The van der Waals surface area contributed by atoms with Crippen LogP contribution in [0.5, 0.6) is 0 Å². The molecule has 366 valence electrons. The number of aromatic nitrogens is 12. The second-order valence-electron chi connectivity index (χ2n) is 16.4. The molecule has 0 bridgehead atoms. The number of fused-ring (bicyclic) bond motifs is 3. The minimum Gasteiger partial charge on any atom is -0.726 e. The summed E-state index contributed by atoms with van der Waals surface area (Å²) in [5.74, 6) is 0. The summed E-state index contributed by atoms with van der Waals surface area (Å²) in [5.41, 5.74) is 0.394. The molecule has 0 radical (unpaired) electrons. The van der Waals surface area contributed by atoms with Crippen molar-refractivity contribution in [3.05, 3.63) is 81.5 Å². The number of unbranched alkanes of at least 4 members (excludes halogenated alkanes) is 3. The third-order valence-corrected chi connectivity index (χ3v) is 12.0. The summed E-state index contributed by atoms with van der Waals surface area (Å²) in [6.07, 6.45) is 10.7. The Bertz CT molecular complexity index is 2970. The van der Waals surface area contributed by atoms with E-state index < -0.39 is 27.8 Å². The Morgan fingerprint density at radius 3 is 1.03 bits per heavy atom. The van der Waals surface area contributed by atoms with E-state index in [2.05, 4.69) is 19.1 Å².